The molecule has 1 fully saturated rings. The zero-order valence-corrected chi connectivity index (χ0v) is 9.59. The summed E-state index contributed by atoms with van der Waals surface area (Å²) in [6.45, 7) is 1.84. The maximum Gasteiger partial charge on any atom is 0.326 e. The van der Waals surface area contributed by atoms with E-state index in [2.05, 4.69) is 11.2 Å². The van der Waals surface area contributed by atoms with Crippen LogP contribution in [0.25, 0.3) is 0 Å². The molecule has 1 aliphatic rings. The fourth-order valence-electron chi connectivity index (χ4n) is 1.77. The molecule has 94 valence electrons. The number of nitrogens with zero attached hydrogens (tertiary/aromatic N) is 1. The smallest absolute Gasteiger partial charge is 0.326 e. The summed E-state index contributed by atoms with van der Waals surface area (Å²) in [5.74, 6) is 1.27. The van der Waals surface area contributed by atoms with Gasteiger partial charge in [0.1, 0.15) is 6.04 Å². The van der Waals surface area contributed by atoms with Crippen molar-refractivity contribution in [2.24, 2.45) is 0 Å². The molecule has 1 heterocycles. The highest BCUT2D eigenvalue weighted by molar-refractivity contribution is 5.83. The van der Waals surface area contributed by atoms with Crippen molar-refractivity contribution < 1.29 is 19.8 Å². The van der Waals surface area contributed by atoms with Gasteiger partial charge in [-0.1, -0.05) is 12.8 Å². The highest BCUT2D eigenvalue weighted by Gasteiger charge is 2.39. The first-order valence-corrected chi connectivity index (χ1v) is 5.43. The molecule has 3 atom stereocenters. The van der Waals surface area contributed by atoms with Crippen LogP contribution in [-0.2, 0) is 4.79 Å². The van der Waals surface area contributed by atoms with Gasteiger partial charge < -0.3 is 20.4 Å². The third-order valence-electron chi connectivity index (χ3n) is 2.73. The van der Waals surface area contributed by atoms with Crippen molar-refractivity contribution in [2.45, 2.75) is 38.0 Å². The summed E-state index contributed by atoms with van der Waals surface area (Å²) in [6.07, 6.45) is 5.02. The Morgan fingerprint density at radius 2 is 2.29 bits per heavy atom. The zero-order chi connectivity index (χ0) is 13.0. The van der Waals surface area contributed by atoms with E-state index in [0.717, 1.165) is 4.90 Å². The van der Waals surface area contributed by atoms with Gasteiger partial charge in [-0.15, -0.1) is 6.42 Å². The van der Waals surface area contributed by atoms with Gasteiger partial charge in [0.25, 0.3) is 0 Å². The number of aliphatic hydroxyl groups excluding tert-OH is 1. The number of rotatable bonds is 3. The number of carboxylic acid groups (broad SMARTS) is 1. The van der Waals surface area contributed by atoms with Crippen molar-refractivity contribution in [1.82, 2.24) is 10.2 Å². The van der Waals surface area contributed by atoms with Gasteiger partial charge >= 0.3 is 12.0 Å². The normalized spacial score (nSPS) is 25.1. The van der Waals surface area contributed by atoms with E-state index in [9.17, 15) is 14.7 Å². The van der Waals surface area contributed by atoms with Crippen LogP contribution in [0.15, 0.2) is 0 Å². The Morgan fingerprint density at radius 3 is 2.76 bits per heavy atom. The van der Waals surface area contributed by atoms with Crippen LogP contribution in [0.4, 0.5) is 4.79 Å². The molecule has 0 aromatic carbocycles. The molecule has 0 bridgehead atoms. The molecule has 0 saturated carbocycles. The molecule has 0 radical (unpaired) electrons. The number of nitrogens with one attached hydrogen (secondary N) is 1. The molecule has 1 aliphatic heterocycles. The summed E-state index contributed by atoms with van der Waals surface area (Å²) >= 11 is 0. The highest BCUT2D eigenvalue weighted by atomic mass is 16.4. The van der Waals surface area contributed by atoms with E-state index in [1.807, 2.05) is 6.92 Å². The monoisotopic (exact) mass is 240 g/mol. The van der Waals surface area contributed by atoms with Gasteiger partial charge in [-0.2, -0.15) is 0 Å². The van der Waals surface area contributed by atoms with Crippen molar-refractivity contribution in [3.8, 4) is 12.3 Å². The first kappa shape index (κ1) is 13.3. The van der Waals surface area contributed by atoms with Gasteiger partial charge in [-0.25, -0.2) is 9.59 Å². The predicted molar refractivity (Wildman–Crippen MR) is 60.2 cm³/mol. The van der Waals surface area contributed by atoms with Gasteiger partial charge in [-0.3, -0.25) is 0 Å². The van der Waals surface area contributed by atoms with Crippen molar-refractivity contribution >= 4 is 12.0 Å². The number of hydrogen-bond donors (Lipinski definition) is 3. The lowest BCUT2D eigenvalue weighted by Gasteiger charge is -2.23. The van der Waals surface area contributed by atoms with E-state index in [0.29, 0.717) is 6.42 Å². The zero-order valence-electron chi connectivity index (χ0n) is 9.59. The minimum absolute atomic E-state index is 0.0177. The number of carbonyl (C=O) groups is 2. The van der Waals surface area contributed by atoms with Crippen LogP contribution in [0, 0.1) is 12.3 Å². The molecule has 0 spiro atoms. The Balaban J connectivity index is 2.68. The molecule has 2 unspecified atom stereocenters. The maximum absolute atomic E-state index is 11.8. The van der Waals surface area contributed by atoms with Gasteiger partial charge in [0.2, 0.25) is 0 Å². The second-order valence-corrected chi connectivity index (χ2v) is 3.97. The fraction of sp³-hybridized carbons (Fsp3) is 0.636. The predicted octanol–water partition coefficient (Wildman–Crippen LogP) is -0.372. The summed E-state index contributed by atoms with van der Waals surface area (Å²) in [7, 11) is 0. The lowest BCUT2D eigenvalue weighted by Crippen LogP contribution is -2.48. The lowest BCUT2D eigenvalue weighted by atomic mass is 10.2. The first-order chi connectivity index (χ1) is 7.99. The minimum Gasteiger partial charge on any atom is -0.480 e. The number of amides is 2. The van der Waals surface area contributed by atoms with Crippen LogP contribution in [0.3, 0.4) is 0 Å². The average molecular weight is 240 g/mol. The SMILES string of the molecule is C#CC(CC)NC(=O)N1CC(O)C[C@H]1C(=O)O. The molecule has 0 aromatic rings. The summed E-state index contributed by atoms with van der Waals surface area (Å²) in [4.78, 5) is 23.8. The Labute approximate surface area is 99.6 Å². The van der Waals surface area contributed by atoms with Crippen LogP contribution >= 0.6 is 0 Å². The fourth-order valence-corrected chi connectivity index (χ4v) is 1.77. The summed E-state index contributed by atoms with van der Waals surface area (Å²) in [5, 5.41) is 20.9. The minimum atomic E-state index is -1.12. The number of aliphatic hydroxyl groups is 1. The average Bonchev–Trinajstić information content (AvgIpc) is 2.68. The van der Waals surface area contributed by atoms with Crippen LogP contribution in [0.2, 0.25) is 0 Å². The second kappa shape index (κ2) is 5.55. The Bertz CT molecular complexity index is 350. The summed E-state index contributed by atoms with van der Waals surface area (Å²) in [5.41, 5.74) is 0. The molecule has 0 aromatic heterocycles. The summed E-state index contributed by atoms with van der Waals surface area (Å²) < 4.78 is 0. The van der Waals surface area contributed by atoms with Gasteiger partial charge in [0.15, 0.2) is 0 Å². The van der Waals surface area contributed by atoms with E-state index in [4.69, 9.17) is 11.5 Å². The van der Waals surface area contributed by atoms with E-state index >= 15 is 0 Å². The number of carbonyl (C=O) groups excluding carboxylic acids is 1. The lowest BCUT2D eigenvalue weighted by molar-refractivity contribution is -0.141. The van der Waals surface area contributed by atoms with Gasteiger partial charge in [-0.05, 0) is 6.42 Å². The summed E-state index contributed by atoms with van der Waals surface area (Å²) in [6, 6.07) is -1.95. The molecule has 17 heavy (non-hydrogen) atoms. The van der Waals surface area contributed by atoms with E-state index in [1.165, 1.54) is 0 Å². The van der Waals surface area contributed by atoms with E-state index < -0.39 is 30.2 Å². The third kappa shape index (κ3) is 3.11. The van der Waals surface area contributed by atoms with Crippen LogP contribution in [0.1, 0.15) is 19.8 Å². The molecule has 2 amide bonds. The molecule has 3 N–H and O–H groups in total. The van der Waals surface area contributed by atoms with E-state index in [-0.39, 0.29) is 13.0 Å². The number of aliphatic carboxylic acids is 1. The number of carboxylic acids is 1. The van der Waals surface area contributed by atoms with Crippen molar-refractivity contribution in [2.75, 3.05) is 6.54 Å². The Hall–Kier alpha value is -1.74. The molecule has 1 saturated heterocycles. The van der Waals surface area contributed by atoms with Crippen molar-refractivity contribution in [3.63, 3.8) is 0 Å². The van der Waals surface area contributed by atoms with Crippen LogP contribution in [-0.4, -0.2) is 51.8 Å². The quantitative estimate of drug-likeness (QED) is 0.587. The third-order valence-corrected chi connectivity index (χ3v) is 2.73. The number of urea groups is 1. The molecule has 6 heteroatoms. The topological polar surface area (TPSA) is 89.9 Å². The largest absolute Gasteiger partial charge is 0.480 e. The van der Waals surface area contributed by atoms with Gasteiger partial charge in [0.05, 0.1) is 12.1 Å². The Kier molecular flexibility index (Phi) is 4.35. The molecular weight excluding hydrogens is 224 g/mol. The standard InChI is InChI=1S/C11H16N2O4/c1-3-7(4-2)12-11(17)13-6-8(14)5-9(13)10(15)16/h1,7-9,14H,4-6H2,2H3,(H,12,17)(H,15,16)/t7?,8?,9-/m0/s1. The van der Waals surface area contributed by atoms with Crippen molar-refractivity contribution in [3.05, 3.63) is 0 Å². The van der Waals surface area contributed by atoms with Crippen molar-refractivity contribution in [1.29, 1.82) is 0 Å². The second-order valence-electron chi connectivity index (χ2n) is 3.97. The number of hydrogen-bond acceptors (Lipinski definition) is 3. The molecule has 0 aliphatic carbocycles. The Morgan fingerprint density at radius 1 is 1.65 bits per heavy atom. The van der Waals surface area contributed by atoms with Crippen LogP contribution in [0.5, 0.6) is 0 Å². The van der Waals surface area contributed by atoms with Crippen LogP contribution < -0.4 is 5.32 Å². The van der Waals surface area contributed by atoms with E-state index in [1.54, 1.807) is 0 Å². The molecule has 6 nitrogen and oxygen atoms in total. The maximum atomic E-state index is 11.8. The number of terminal acetylenes is 1. The molecule has 1 rings (SSSR count). The first-order valence-electron chi connectivity index (χ1n) is 5.43. The number of β-amino-alcohol motifs (C(OH)–C–C–N with tert-alkyl or cyclic N) is 1. The highest BCUT2D eigenvalue weighted by Crippen LogP contribution is 2.18. The number of likely N-dealkylation sites (tertiary alicyclic amines) is 1. The molecular formula is C11H16N2O4. The van der Waals surface area contributed by atoms with Gasteiger partial charge in [0, 0.05) is 13.0 Å².